The number of carbonyl (C=O) groups excluding carboxylic acids is 4. The van der Waals surface area contributed by atoms with Gasteiger partial charge in [-0.05, 0) is 38.0 Å². The second-order valence-electron chi connectivity index (χ2n) is 19.7. The Balaban J connectivity index is 0.000000734. The Labute approximate surface area is 413 Å². The monoisotopic (exact) mass is 984 g/mol. The van der Waals surface area contributed by atoms with Crippen molar-refractivity contribution in [3.63, 3.8) is 0 Å². The number of phenolic OH excluding ortho intramolecular Hbond substituents is 2. The Kier molecular flexibility index (Phi) is 16.8. The summed E-state index contributed by atoms with van der Waals surface area (Å²) in [5.74, 6) is -1.86. The number of ketones is 1. The number of rotatable bonds is 5. The summed E-state index contributed by atoms with van der Waals surface area (Å²) in [7, 11) is 1.47. The van der Waals surface area contributed by atoms with E-state index in [9.17, 15) is 39.6 Å². The van der Waals surface area contributed by atoms with Crippen molar-refractivity contribution >= 4 is 40.0 Å². The number of benzene rings is 2. The third-order valence-electron chi connectivity index (χ3n) is 14.0. The highest BCUT2D eigenvalue weighted by molar-refractivity contribution is 6.19. The molecule has 0 unspecified atom stereocenters. The van der Waals surface area contributed by atoms with Crippen LogP contribution in [0.1, 0.15) is 101 Å². The van der Waals surface area contributed by atoms with Gasteiger partial charge >= 0.3 is 11.8 Å². The molecule has 3 aromatic rings. The summed E-state index contributed by atoms with van der Waals surface area (Å²) in [4.78, 5) is 68.2. The van der Waals surface area contributed by atoms with Gasteiger partial charge in [0.2, 0.25) is 0 Å². The Hall–Kier alpha value is -6.25. The summed E-state index contributed by atoms with van der Waals surface area (Å²) < 4.78 is 24.0. The van der Waals surface area contributed by atoms with E-state index in [1.54, 1.807) is 78.0 Å². The first-order valence-corrected chi connectivity index (χ1v) is 24.0. The maximum absolute atomic E-state index is 14.7. The van der Waals surface area contributed by atoms with Crippen LogP contribution in [-0.2, 0) is 23.8 Å². The minimum Gasteiger partial charge on any atom is -0.507 e. The van der Waals surface area contributed by atoms with E-state index in [1.165, 1.54) is 39.6 Å². The van der Waals surface area contributed by atoms with E-state index >= 15 is 0 Å². The number of aromatic nitrogens is 1. The number of aliphatic hydroxyl groups is 2. The molecule has 1 fully saturated rings. The van der Waals surface area contributed by atoms with Crippen molar-refractivity contribution < 1.29 is 58.6 Å². The average Bonchev–Trinajstić information content (AvgIpc) is 3.84. The number of piperidine rings is 1. The molecule has 8 N–H and O–H groups in total. The molecule has 384 valence electrons. The lowest BCUT2D eigenvalue weighted by molar-refractivity contribution is -0.160. The standard InChI is InChI=1S/C46H62N4O11.C6H7N3O/c1-22(2)21-50-18-16-46(17-19-50)48-34-31-32-39(54)28(8)42-33(31)43(56)45(10,61-42)59-20-15-30(58-11)25(5)41(60-29(9)51)27(7)38(53)26(6)37(52)23(3)13-12-14-24(4)44(57)47-36(40(32)55)35(34)49-46;7-9-6(10)5-1-3-8-4-2-5/h12-15,20,22-23,25-27,30,37-38,41,52-55H,16-19,21H2,1-11H3,(H,47,57);1-4H,7H2,(H,9,10)/b13-12+,20-15+,24-14-;/t23-,25+,26+,27+,30-,37-,38+,41+,45-;/m0./s1. The molecular formula is C52H69N7O12. The number of amides is 2. The van der Waals surface area contributed by atoms with Crippen LogP contribution in [0.5, 0.6) is 17.2 Å². The summed E-state index contributed by atoms with van der Waals surface area (Å²) >= 11 is 0. The summed E-state index contributed by atoms with van der Waals surface area (Å²) in [6, 6.07) is 3.17. The number of nitrogens with zero attached hydrogens (tertiary/aromatic N) is 4. The van der Waals surface area contributed by atoms with Gasteiger partial charge < -0.3 is 49.6 Å². The Morgan fingerprint density at radius 3 is 2.21 bits per heavy atom. The molecule has 1 aromatic heterocycles. The molecule has 9 atom stereocenters. The van der Waals surface area contributed by atoms with Gasteiger partial charge in [-0.25, -0.2) is 5.84 Å². The van der Waals surface area contributed by atoms with Crippen molar-refractivity contribution in [1.82, 2.24) is 15.3 Å². The number of aromatic hydroxyl groups is 2. The summed E-state index contributed by atoms with van der Waals surface area (Å²) in [6.45, 7) is 19.5. The van der Waals surface area contributed by atoms with E-state index in [0.717, 1.165) is 6.54 Å². The van der Waals surface area contributed by atoms with Crippen LogP contribution >= 0.6 is 0 Å². The average molecular weight is 984 g/mol. The smallest absolute Gasteiger partial charge is 0.312 e. The molecule has 71 heavy (non-hydrogen) atoms. The lowest BCUT2D eigenvalue weighted by Crippen LogP contribution is -2.46. The Morgan fingerprint density at radius 2 is 1.61 bits per heavy atom. The molecule has 2 amide bonds. The molecule has 2 aromatic carbocycles. The Bertz CT molecular complexity index is 2740. The molecule has 0 aliphatic carbocycles. The number of pyridine rings is 1. The third kappa shape index (κ3) is 11.1. The zero-order chi connectivity index (χ0) is 52.3. The fourth-order valence-corrected chi connectivity index (χ4v) is 9.79. The van der Waals surface area contributed by atoms with E-state index in [1.807, 2.05) is 5.43 Å². The zero-order valence-electron chi connectivity index (χ0n) is 42.3. The largest absolute Gasteiger partial charge is 0.507 e. The molecule has 7 rings (SSSR count). The maximum atomic E-state index is 14.7. The second kappa shape index (κ2) is 22.0. The molecule has 0 radical (unpaired) electrons. The molecule has 19 heteroatoms. The summed E-state index contributed by atoms with van der Waals surface area (Å²) in [5.41, 5.74) is 1.95. The molecule has 4 bridgehead atoms. The van der Waals surface area contributed by atoms with E-state index < -0.39 is 82.9 Å². The van der Waals surface area contributed by atoms with Crippen LogP contribution in [0.2, 0.25) is 0 Å². The highest BCUT2D eigenvalue weighted by atomic mass is 16.7. The Morgan fingerprint density at radius 1 is 0.958 bits per heavy atom. The lowest BCUT2D eigenvalue weighted by Gasteiger charge is -2.38. The number of hydrogen-bond donors (Lipinski definition) is 7. The minimum atomic E-state index is -1.96. The predicted molar refractivity (Wildman–Crippen MR) is 264 cm³/mol. The first-order chi connectivity index (χ1) is 33.5. The number of hydrogen-bond acceptors (Lipinski definition) is 17. The van der Waals surface area contributed by atoms with Crippen LogP contribution in [0.15, 0.2) is 70.7 Å². The molecular weight excluding hydrogens is 915 g/mol. The van der Waals surface area contributed by atoms with Crippen molar-refractivity contribution in [3.8, 4) is 17.2 Å². The lowest BCUT2D eigenvalue weighted by atomic mass is 9.78. The number of hydrazine groups is 1. The topological polar surface area (TPSA) is 277 Å². The minimum absolute atomic E-state index is 0.0364. The number of nitrogens with two attached hydrogens (primary N) is 1. The number of nitrogen functional groups attached to an aromatic ring is 1. The number of esters is 1. The fraction of sp³-hybridized carbons (Fsp3) is 0.519. The van der Waals surface area contributed by atoms with Crippen molar-refractivity contribution in [1.29, 1.82) is 0 Å². The quantitative estimate of drug-likeness (QED) is 0.0612. The third-order valence-corrected chi connectivity index (χ3v) is 14.0. The van der Waals surface area contributed by atoms with Crippen molar-refractivity contribution in [2.75, 3.05) is 32.1 Å². The molecule has 1 spiro atoms. The number of aliphatic hydroxyl groups excluding tert-OH is 2. The van der Waals surface area contributed by atoms with Crippen molar-refractivity contribution in [2.24, 2.45) is 45.4 Å². The van der Waals surface area contributed by atoms with E-state index in [0.29, 0.717) is 37.4 Å². The number of fused-ring (bicyclic) bond motifs is 1. The second-order valence-corrected chi connectivity index (χ2v) is 19.7. The number of carbonyl (C=O) groups is 4. The van der Waals surface area contributed by atoms with Gasteiger partial charge in [-0.15, -0.1) is 0 Å². The van der Waals surface area contributed by atoms with Crippen LogP contribution in [0.4, 0.5) is 5.69 Å². The highest BCUT2D eigenvalue weighted by Crippen LogP contribution is 2.50. The number of likely N-dealkylation sites (tertiary alicyclic amines) is 1. The van der Waals surface area contributed by atoms with Crippen LogP contribution < -0.4 is 32.0 Å². The van der Waals surface area contributed by atoms with Crippen LogP contribution in [-0.4, -0.2) is 116 Å². The number of Topliss-reactive ketones (excluding diaryl/α,β-unsaturated/α-hetero) is 1. The summed E-state index contributed by atoms with van der Waals surface area (Å²) in [5, 5.41) is 50.2. The first kappa shape index (κ1) is 54.1. The summed E-state index contributed by atoms with van der Waals surface area (Å²) in [6.07, 6.45) is 8.10. The molecule has 0 saturated carbocycles. The molecule has 5 heterocycles. The molecule has 1 saturated heterocycles. The highest BCUT2D eigenvalue weighted by Gasteiger charge is 2.50. The maximum Gasteiger partial charge on any atom is 0.312 e. The zero-order valence-corrected chi connectivity index (χ0v) is 42.3. The van der Waals surface area contributed by atoms with Crippen molar-refractivity contribution in [2.45, 2.75) is 118 Å². The van der Waals surface area contributed by atoms with Gasteiger partial charge in [-0.3, -0.25) is 39.6 Å². The van der Waals surface area contributed by atoms with Crippen LogP contribution in [0.3, 0.4) is 0 Å². The van der Waals surface area contributed by atoms with Gasteiger partial charge in [-0.1, -0.05) is 59.8 Å². The van der Waals surface area contributed by atoms with Gasteiger partial charge in [0, 0.05) is 112 Å². The predicted octanol–water partition coefficient (Wildman–Crippen LogP) is 4.43. The number of nitrogens with one attached hydrogen (secondary N) is 2. The van der Waals surface area contributed by atoms with Gasteiger partial charge in [0.15, 0.2) is 11.4 Å². The van der Waals surface area contributed by atoms with Crippen LogP contribution in [0, 0.1) is 36.5 Å². The number of allylic oxidation sites excluding steroid dienone is 2. The normalized spacial score (nSPS) is 29.3. The van der Waals surface area contributed by atoms with Gasteiger partial charge in [0.25, 0.3) is 17.6 Å². The van der Waals surface area contributed by atoms with Crippen molar-refractivity contribution in [3.05, 3.63) is 88.1 Å². The van der Waals surface area contributed by atoms with Gasteiger partial charge in [-0.2, -0.15) is 0 Å². The number of phenols is 2. The number of ether oxygens (including phenoxy) is 4. The SMILES string of the molecule is CO[C@H]1/C=C/O[C@@]2(C)Oc3c(C)c(O)c4c(O)c(c5c(c4c3C2=O)=NC2(CCN(CC(C)C)CC2)N=5)NC(=O)/C(C)=C\C=C\[C@H](C)[C@H](O)[C@@H](C)[C@@H](O)[C@@H](C)[C@H](OC(C)=O)[C@@H]1C.NNC(=O)c1ccncc1. The van der Waals surface area contributed by atoms with Crippen LogP contribution in [0.25, 0.3) is 10.8 Å². The molecule has 4 aliphatic heterocycles. The van der Waals surface area contributed by atoms with Gasteiger partial charge in [0.1, 0.15) is 28.6 Å². The fourth-order valence-electron chi connectivity index (χ4n) is 9.79. The van der Waals surface area contributed by atoms with Gasteiger partial charge in [0.05, 0.1) is 40.9 Å². The first-order valence-electron chi connectivity index (χ1n) is 24.0. The van der Waals surface area contributed by atoms with E-state index in [4.69, 9.17) is 34.8 Å². The van der Waals surface area contributed by atoms with E-state index in [2.05, 4.69) is 29.0 Å². The molecule has 19 nitrogen and oxygen atoms in total. The number of methoxy groups -OCH3 is 1. The van der Waals surface area contributed by atoms with E-state index in [-0.39, 0.29) is 61.3 Å². The number of anilines is 1. The molecule has 4 aliphatic rings.